The van der Waals surface area contributed by atoms with Crippen LogP contribution >= 0.6 is 11.8 Å². The maximum atomic E-state index is 12.7. The molecule has 1 atom stereocenters. The number of anilines is 1. The monoisotopic (exact) mass is 412 g/mol. The molecule has 0 saturated carbocycles. The summed E-state index contributed by atoms with van der Waals surface area (Å²) in [5.74, 6) is 0.153. The van der Waals surface area contributed by atoms with Crippen molar-refractivity contribution < 1.29 is 19.4 Å². The summed E-state index contributed by atoms with van der Waals surface area (Å²) in [6, 6.07) is 13.2. The Morgan fingerprint density at radius 3 is 2.41 bits per heavy atom. The summed E-state index contributed by atoms with van der Waals surface area (Å²) in [7, 11) is 1.54. The molecular formula is C20H20N4O4S. The van der Waals surface area contributed by atoms with Crippen molar-refractivity contribution in [1.29, 1.82) is 0 Å². The summed E-state index contributed by atoms with van der Waals surface area (Å²) in [4.78, 5) is 26.2. The molecule has 3 rings (SSSR count). The lowest BCUT2D eigenvalue weighted by molar-refractivity contribution is -0.121. The predicted octanol–water partition coefficient (Wildman–Crippen LogP) is 2.50. The van der Waals surface area contributed by atoms with E-state index in [-0.39, 0.29) is 29.2 Å². The number of phenolic OH excluding ortho intramolecular Hbond substituents is 1. The number of nitrogens with zero attached hydrogens (tertiary/aromatic N) is 3. The van der Waals surface area contributed by atoms with Crippen LogP contribution in [0.2, 0.25) is 0 Å². The molecule has 2 aromatic rings. The Bertz CT molecular complexity index is 971. The Hall–Kier alpha value is -3.33. The van der Waals surface area contributed by atoms with Crippen LogP contribution in [0.15, 0.2) is 58.7 Å². The fraction of sp³-hybridized carbons (Fsp3) is 0.200. The minimum Gasteiger partial charge on any atom is -0.508 e. The number of phenols is 1. The molecular weight excluding hydrogens is 392 g/mol. The van der Waals surface area contributed by atoms with Crippen LogP contribution in [0.3, 0.4) is 0 Å². The number of carbonyl (C=O) groups is 2. The number of amides is 2. The van der Waals surface area contributed by atoms with Crippen molar-refractivity contribution in [3.8, 4) is 11.5 Å². The van der Waals surface area contributed by atoms with Crippen LogP contribution in [-0.4, -0.2) is 40.2 Å². The minimum absolute atomic E-state index is 0.0341. The minimum atomic E-state index is -0.655. The van der Waals surface area contributed by atoms with Gasteiger partial charge in [-0.05, 0) is 61.0 Å². The molecule has 9 heteroatoms. The summed E-state index contributed by atoms with van der Waals surface area (Å²) < 4.78 is 5.09. The molecule has 1 unspecified atom stereocenters. The van der Waals surface area contributed by atoms with E-state index in [0.717, 1.165) is 22.2 Å². The number of rotatable bonds is 5. The summed E-state index contributed by atoms with van der Waals surface area (Å²) >= 11 is 1.01. The van der Waals surface area contributed by atoms with E-state index in [9.17, 15) is 14.7 Å². The zero-order valence-electron chi connectivity index (χ0n) is 15.9. The highest BCUT2D eigenvalue weighted by molar-refractivity contribution is 8.14. The zero-order valence-corrected chi connectivity index (χ0v) is 16.7. The number of ether oxygens (including phenoxy) is 1. The molecule has 0 radical (unpaired) electrons. The molecule has 1 aliphatic heterocycles. The average molecular weight is 412 g/mol. The number of thioether (sulfide) groups is 1. The van der Waals surface area contributed by atoms with E-state index < -0.39 is 5.25 Å². The van der Waals surface area contributed by atoms with E-state index in [2.05, 4.69) is 10.2 Å². The molecule has 2 amide bonds. The van der Waals surface area contributed by atoms with E-state index >= 15 is 0 Å². The molecule has 0 bridgehead atoms. The van der Waals surface area contributed by atoms with Gasteiger partial charge in [0, 0.05) is 6.42 Å². The van der Waals surface area contributed by atoms with Gasteiger partial charge in [-0.15, -0.1) is 5.10 Å². The van der Waals surface area contributed by atoms with Crippen molar-refractivity contribution in [3.63, 3.8) is 0 Å². The largest absolute Gasteiger partial charge is 0.508 e. The van der Waals surface area contributed by atoms with Crippen LogP contribution in [0.5, 0.6) is 11.5 Å². The third-order valence-corrected chi connectivity index (χ3v) is 5.26. The maximum absolute atomic E-state index is 12.7. The highest BCUT2D eigenvalue weighted by atomic mass is 32.2. The van der Waals surface area contributed by atoms with Gasteiger partial charge < -0.3 is 15.6 Å². The Morgan fingerprint density at radius 2 is 1.79 bits per heavy atom. The highest BCUT2D eigenvalue weighted by Crippen LogP contribution is 2.30. The molecule has 0 spiro atoms. The quantitative estimate of drug-likeness (QED) is 0.337. The van der Waals surface area contributed by atoms with Gasteiger partial charge in [0.05, 0.1) is 18.5 Å². The molecule has 8 nitrogen and oxygen atoms in total. The topological polar surface area (TPSA) is 118 Å². The SMILES string of the molecule is COc1ccc(N2C(=O)CC(SC(N)=N/N=C(/C)c3ccc(O)cc3)C2=O)cc1. The molecule has 2 aromatic carbocycles. The standard InChI is InChI=1S/C20H20N4O4S/c1-12(13-3-7-15(25)8-4-13)22-23-20(21)29-17-11-18(26)24(19(17)27)14-5-9-16(28-2)10-6-14/h3-10,17,25H,11H2,1-2H3,(H2,21,23)/b22-12-. The molecule has 29 heavy (non-hydrogen) atoms. The molecule has 1 heterocycles. The normalized spacial score (nSPS) is 17.7. The molecule has 0 aliphatic carbocycles. The van der Waals surface area contributed by atoms with Gasteiger partial charge in [0.15, 0.2) is 5.17 Å². The average Bonchev–Trinajstić information content (AvgIpc) is 2.99. The number of hydrogen-bond acceptors (Lipinski definition) is 7. The predicted molar refractivity (Wildman–Crippen MR) is 113 cm³/mol. The van der Waals surface area contributed by atoms with Gasteiger partial charge in [-0.1, -0.05) is 11.8 Å². The molecule has 1 saturated heterocycles. The van der Waals surface area contributed by atoms with Crippen molar-refractivity contribution in [2.45, 2.75) is 18.6 Å². The van der Waals surface area contributed by atoms with Crippen LogP contribution in [0, 0.1) is 0 Å². The lowest BCUT2D eigenvalue weighted by Gasteiger charge is -2.15. The smallest absolute Gasteiger partial charge is 0.247 e. The van der Waals surface area contributed by atoms with E-state index in [0.29, 0.717) is 17.1 Å². The third kappa shape index (κ3) is 4.75. The number of hydrogen-bond donors (Lipinski definition) is 2. The Kier molecular flexibility index (Phi) is 6.18. The van der Waals surface area contributed by atoms with E-state index in [1.807, 2.05) is 0 Å². The van der Waals surface area contributed by atoms with Crippen LogP contribution in [0.1, 0.15) is 18.9 Å². The zero-order chi connectivity index (χ0) is 21.0. The molecule has 3 N–H and O–H groups in total. The Balaban J connectivity index is 1.68. The maximum Gasteiger partial charge on any atom is 0.247 e. The van der Waals surface area contributed by atoms with Gasteiger partial charge >= 0.3 is 0 Å². The number of amidine groups is 1. The first-order valence-electron chi connectivity index (χ1n) is 8.73. The Labute approximate surface area is 172 Å². The van der Waals surface area contributed by atoms with Crippen molar-refractivity contribution in [2.75, 3.05) is 12.0 Å². The van der Waals surface area contributed by atoms with Gasteiger partial charge in [0.2, 0.25) is 11.8 Å². The van der Waals surface area contributed by atoms with E-state index in [4.69, 9.17) is 10.5 Å². The first kappa shape index (κ1) is 20.4. The molecule has 150 valence electrons. The van der Waals surface area contributed by atoms with E-state index in [1.54, 1.807) is 62.6 Å². The van der Waals surface area contributed by atoms with Crippen molar-refractivity contribution in [3.05, 3.63) is 54.1 Å². The number of carbonyl (C=O) groups excluding carboxylic acids is 2. The lowest BCUT2D eigenvalue weighted by atomic mass is 10.1. The fourth-order valence-electron chi connectivity index (χ4n) is 2.75. The molecule has 1 aliphatic rings. The first-order valence-corrected chi connectivity index (χ1v) is 9.61. The number of nitrogens with two attached hydrogens (primary N) is 1. The van der Waals surface area contributed by atoms with Crippen LogP contribution in [-0.2, 0) is 9.59 Å². The number of methoxy groups -OCH3 is 1. The Morgan fingerprint density at radius 1 is 1.14 bits per heavy atom. The summed E-state index contributed by atoms with van der Waals surface area (Å²) in [5, 5.41) is 16.8. The van der Waals surface area contributed by atoms with Gasteiger partial charge in [-0.25, -0.2) is 4.90 Å². The third-order valence-electron chi connectivity index (χ3n) is 4.28. The number of benzene rings is 2. The van der Waals surface area contributed by atoms with Crippen LogP contribution in [0.4, 0.5) is 5.69 Å². The van der Waals surface area contributed by atoms with Crippen LogP contribution in [0.25, 0.3) is 0 Å². The van der Waals surface area contributed by atoms with Crippen LogP contribution < -0.4 is 15.4 Å². The lowest BCUT2D eigenvalue weighted by Crippen LogP contribution is -2.31. The molecule has 0 aromatic heterocycles. The summed E-state index contributed by atoms with van der Waals surface area (Å²) in [5.41, 5.74) is 7.77. The first-order chi connectivity index (χ1) is 13.9. The second-order valence-electron chi connectivity index (χ2n) is 6.25. The highest BCUT2D eigenvalue weighted by Gasteiger charge is 2.40. The van der Waals surface area contributed by atoms with Gasteiger partial charge in [0.1, 0.15) is 16.7 Å². The second-order valence-corrected chi connectivity index (χ2v) is 7.47. The summed E-state index contributed by atoms with van der Waals surface area (Å²) in [6.45, 7) is 1.75. The van der Waals surface area contributed by atoms with E-state index in [1.165, 1.54) is 0 Å². The van der Waals surface area contributed by atoms with Gasteiger partial charge in [-0.3, -0.25) is 9.59 Å². The number of aromatic hydroxyl groups is 1. The van der Waals surface area contributed by atoms with Gasteiger partial charge in [0.25, 0.3) is 0 Å². The summed E-state index contributed by atoms with van der Waals surface area (Å²) in [6.07, 6.45) is 0.0341. The van der Waals surface area contributed by atoms with Gasteiger partial charge in [-0.2, -0.15) is 5.10 Å². The van der Waals surface area contributed by atoms with Crippen molar-refractivity contribution in [2.24, 2.45) is 15.9 Å². The second kappa shape index (κ2) is 8.78. The van der Waals surface area contributed by atoms with Crippen molar-refractivity contribution >= 4 is 40.1 Å². The fourth-order valence-corrected chi connectivity index (χ4v) is 3.56. The number of imide groups is 1. The molecule has 1 fully saturated rings. The van der Waals surface area contributed by atoms with Crippen molar-refractivity contribution in [1.82, 2.24) is 0 Å².